The third-order valence-corrected chi connectivity index (χ3v) is 8.76. The van der Waals surface area contributed by atoms with Crippen molar-refractivity contribution in [3.63, 3.8) is 0 Å². The fraction of sp³-hybridized carbons (Fsp3) is 0.560. The van der Waals surface area contributed by atoms with Crippen molar-refractivity contribution in [1.82, 2.24) is 9.55 Å². The monoisotopic (exact) mass is 536 g/mol. The number of aromatic nitrogens is 2. The molecule has 2 heterocycles. The Morgan fingerprint density at radius 2 is 2.00 bits per heavy atom. The summed E-state index contributed by atoms with van der Waals surface area (Å²) in [6, 6.07) is 9.67. The first-order chi connectivity index (χ1) is 17.7. The first-order valence-electron chi connectivity index (χ1n) is 12.5. The van der Waals surface area contributed by atoms with Crippen LogP contribution in [0.5, 0.6) is 5.75 Å². The minimum atomic E-state index is -3.91. The van der Waals surface area contributed by atoms with E-state index in [0.717, 1.165) is 12.8 Å². The van der Waals surface area contributed by atoms with E-state index in [1.807, 2.05) is 6.92 Å². The molecule has 5 atom stereocenters. The Balaban J connectivity index is 1.48. The van der Waals surface area contributed by atoms with Crippen LogP contribution in [-0.2, 0) is 23.4 Å². The van der Waals surface area contributed by atoms with E-state index < -0.39 is 54.6 Å². The maximum absolute atomic E-state index is 13.8. The van der Waals surface area contributed by atoms with Crippen molar-refractivity contribution in [3.8, 4) is 5.75 Å². The lowest BCUT2D eigenvalue weighted by Crippen LogP contribution is -2.35. The summed E-state index contributed by atoms with van der Waals surface area (Å²) in [6.07, 6.45) is 1.19. The van der Waals surface area contributed by atoms with Crippen LogP contribution < -0.4 is 15.8 Å². The summed E-state index contributed by atoms with van der Waals surface area (Å²) in [6.45, 7) is 3.56. The second-order valence-electron chi connectivity index (χ2n) is 9.64. The number of aliphatic hydroxyl groups is 1. The number of carbonyl (C=O) groups is 1. The van der Waals surface area contributed by atoms with Gasteiger partial charge in [-0.3, -0.25) is 23.7 Å². The predicted octanol–water partition coefficient (Wildman–Crippen LogP) is 2.84. The number of hydrogen-bond donors (Lipinski definition) is 2. The van der Waals surface area contributed by atoms with Crippen molar-refractivity contribution in [3.05, 3.63) is 63.4 Å². The van der Waals surface area contributed by atoms with Gasteiger partial charge in [-0.1, -0.05) is 38.5 Å². The zero-order valence-corrected chi connectivity index (χ0v) is 21.8. The Bertz CT molecular complexity index is 1240. The van der Waals surface area contributed by atoms with Gasteiger partial charge in [0.05, 0.1) is 31.4 Å². The van der Waals surface area contributed by atoms with Gasteiger partial charge >= 0.3 is 19.3 Å². The number of esters is 1. The van der Waals surface area contributed by atoms with E-state index in [4.69, 9.17) is 18.5 Å². The van der Waals surface area contributed by atoms with Crippen LogP contribution in [0.15, 0.2) is 52.2 Å². The summed E-state index contributed by atoms with van der Waals surface area (Å²) in [4.78, 5) is 38.5. The molecule has 1 aromatic carbocycles. The molecule has 2 N–H and O–H groups in total. The molecule has 202 valence electrons. The van der Waals surface area contributed by atoms with Crippen molar-refractivity contribution in [2.75, 3.05) is 19.4 Å². The van der Waals surface area contributed by atoms with E-state index >= 15 is 0 Å². The van der Waals surface area contributed by atoms with Gasteiger partial charge < -0.3 is 19.1 Å². The maximum Gasteiger partial charge on any atom is 0.380 e. The number of H-pyrrole nitrogens is 1. The molecule has 1 aromatic heterocycles. The Labute approximate surface area is 214 Å². The van der Waals surface area contributed by atoms with Crippen LogP contribution in [0.1, 0.15) is 45.8 Å². The van der Waals surface area contributed by atoms with Gasteiger partial charge in [-0.15, -0.1) is 0 Å². The van der Waals surface area contributed by atoms with Gasteiger partial charge in [0, 0.05) is 17.7 Å². The van der Waals surface area contributed by atoms with E-state index in [9.17, 15) is 24.1 Å². The van der Waals surface area contributed by atoms with Gasteiger partial charge in [0.2, 0.25) is 0 Å². The molecule has 0 bridgehead atoms. The molecular formula is C25H33N2O9P. The standard InChI is InChI=1S/C25H33N2O9P/c1-3-4-14-33-22(30)17(2)16-37(32,36-18-8-6-5-7-9-18)34-15-19-21(29)25(11-12-25)23(35-19)27-13-10-20(28)26-24(27)31/h5-10,13,17,19,21,23,29H,3-4,11-12,14-16H2,1-2H3,(H,26,28,31)/t17-,19-,21-,23-,37?/m1/s1. The molecule has 1 aliphatic heterocycles. The van der Waals surface area contributed by atoms with E-state index in [-0.39, 0.29) is 19.4 Å². The average molecular weight is 537 g/mol. The lowest BCUT2D eigenvalue weighted by molar-refractivity contribution is -0.147. The van der Waals surface area contributed by atoms with Gasteiger partial charge in [-0.25, -0.2) is 9.36 Å². The molecule has 2 aromatic rings. The number of unbranched alkanes of at least 4 members (excludes halogenated alkanes) is 1. The molecular weight excluding hydrogens is 503 g/mol. The maximum atomic E-state index is 13.8. The van der Waals surface area contributed by atoms with E-state index in [0.29, 0.717) is 18.6 Å². The molecule has 1 aliphatic carbocycles. The van der Waals surface area contributed by atoms with E-state index in [1.54, 1.807) is 37.3 Å². The lowest BCUT2D eigenvalue weighted by Gasteiger charge is -2.24. The number of nitrogens with zero attached hydrogens (tertiary/aromatic N) is 1. The summed E-state index contributed by atoms with van der Waals surface area (Å²) >= 11 is 0. The number of hydrogen-bond acceptors (Lipinski definition) is 9. The van der Waals surface area contributed by atoms with Crippen molar-refractivity contribution in [1.29, 1.82) is 0 Å². The molecule has 0 amide bonds. The van der Waals surface area contributed by atoms with E-state index in [2.05, 4.69) is 4.98 Å². The summed E-state index contributed by atoms with van der Waals surface area (Å²) in [7, 11) is -3.91. The number of aromatic amines is 1. The number of benzene rings is 1. The minimum Gasteiger partial charge on any atom is -0.465 e. The van der Waals surface area contributed by atoms with E-state index in [1.165, 1.54) is 16.8 Å². The topological polar surface area (TPSA) is 146 Å². The van der Waals surface area contributed by atoms with Crippen LogP contribution in [0.25, 0.3) is 0 Å². The van der Waals surface area contributed by atoms with Crippen LogP contribution in [0, 0.1) is 11.3 Å². The molecule has 2 aliphatic rings. The number of ether oxygens (including phenoxy) is 2. The van der Waals surface area contributed by atoms with Crippen molar-refractivity contribution >= 4 is 13.6 Å². The van der Waals surface area contributed by atoms with Crippen molar-refractivity contribution in [2.24, 2.45) is 11.3 Å². The average Bonchev–Trinajstić information content (AvgIpc) is 3.62. The molecule has 4 rings (SSSR count). The highest BCUT2D eigenvalue weighted by Gasteiger charge is 2.64. The van der Waals surface area contributed by atoms with Gasteiger partial charge in [-0.2, -0.15) is 0 Å². The number of carbonyl (C=O) groups excluding carboxylic acids is 1. The number of rotatable bonds is 12. The van der Waals surface area contributed by atoms with Crippen LogP contribution >= 0.6 is 7.60 Å². The first kappa shape index (κ1) is 27.3. The summed E-state index contributed by atoms with van der Waals surface area (Å²) < 4.78 is 37.9. The molecule has 12 heteroatoms. The molecule has 0 radical (unpaired) electrons. The molecule has 1 saturated heterocycles. The number of nitrogens with one attached hydrogen (secondary N) is 1. The van der Waals surface area contributed by atoms with Crippen LogP contribution in [0.4, 0.5) is 0 Å². The smallest absolute Gasteiger partial charge is 0.380 e. The third kappa shape index (κ3) is 6.23. The second-order valence-corrected chi connectivity index (χ2v) is 11.7. The third-order valence-electron chi connectivity index (χ3n) is 6.73. The summed E-state index contributed by atoms with van der Waals surface area (Å²) in [5, 5.41) is 11.0. The Hall–Kier alpha value is -2.72. The SMILES string of the molecule is CCCCOC(=O)[C@H](C)CP(=O)(OC[C@H]1O[C@@H](n2ccc(=O)[nH]c2=O)C2(CC2)[C@@H]1O)Oc1ccccc1. The largest absolute Gasteiger partial charge is 0.465 e. The summed E-state index contributed by atoms with van der Waals surface area (Å²) in [5.74, 6) is -0.954. The molecule has 1 unspecified atom stereocenters. The first-order valence-corrected chi connectivity index (χ1v) is 14.2. The Kier molecular flexibility index (Phi) is 8.38. The quantitative estimate of drug-likeness (QED) is 0.237. The Morgan fingerprint density at radius 1 is 1.27 bits per heavy atom. The summed E-state index contributed by atoms with van der Waals surface area (Å²) in [5.41, 5.74) is -1.89. The minimum absolute atomic E-state index is 0.233. The van der Waals surface area contributed by atoms with Crippen LogP contribution in [0.3, 0.4) is 0 Å². The molecule has 1 spiro atoms. The second kappa shape index (κ2) is 11.3. The number of para-hydroxylation sites is 1. The van der Waals surface area contributed by atoms with Crippen LogP contribution in [-0.4, -0.2) is 52.2 Å². The molecule has 2 fully saturated rings. The Morgan fingerprint density at radius 3 is 2.65 bits per heavy atom. The van der Waals surface area contributed by atoms with Crippen LogP contribution in [0.2, 0.25) is 0 Å². The predicted molar refractivity (Wildman–Crippen MR) is 133 cm³/mol. The highest BCUT2D eigenvalue weighted by molar-refractivity contribution is 7.54. The fourth-order valence-electron chi connectivity index (χ4n) is 4.48. The molecule has 11 nitrogen and oxygen atoms in total. The normalized spacial score (nSPS) is 24.4. The zero-order valence-electron chi connectivity index (χ0n) is 20.9. The molecule has 37 heavy (non-hydrogen) atoms. The molecule has 1 saturated carbocycles. The van der Waals surface area contributed by atoms with Gasteiger partial charge in [0.15, 0.2) is 0 Å². The number of aliphatic hydroxyl groups excluding tert-OH is 1. The lowest BCUT2D eigenvalue weighted by atomic mass is 9.96. The van der Waals surface area contributed by atoms with Gasteiger partial charge in [-0.05, 0) is 31.4 Å². The zero-order chi connectivity index (χ0) is 26.6. The van der Waals surface area contributed by atoms with Gasteiger partial charge in [0.1, 0.15) is 18.1 Å². The highest BCUT2D eigenvalue weighted by Crippen LogP contribution is 2.62. The van der Waals surface area contributed by atoms with Gasteiger partial charge in [0.25, 0.3) is 5.56 Å². The van der Waals surface area contributed by atoms with Crippen molar-refractivity contribution < 1.29 is 33.0 Å². The fourth-order valence-corrected chi connectivity index (χ4v) is 6.35. The highest BCUT2D eigenvalue weighted by atomic mass is 31.2. The van der Waals surface area contributed by atoms with Crippen molar-refractivity contribution in [2.45, 2.75) is 58.0 Å².